The predicted molar refractivity (Wildman–Crippen MR) is 187 cm³/mol. The smallest absolute Gasteiger partial charge is 0.240 e. The zero-order valence-corrected chi connectivity index (χ0v) is 28.2. The van der Waals surface area contributed by atoms with Crippen LogP contribution in [0.2, 0.25) is 0 Å². The molecule has 1 spiro atoms. The third-order valence-electron chi connectivity index (χ3n) is 10.6. The Morgan fingerprint density at radius 2 is 1.52 bits per heavy atom. The molecule has 0 radical (unpaired) electrons. The fraction of sp³-hybridized carbons (Fsp3) is 0.400. The summed E-state index contributed by atoms with van der Waals surface area (Å²) in [5.41, 5.74) is 6.33. The fourth-order valence-corrected chi connectivity index (χ4v) is 9.12. The van der Waals surface area contributed by atoms with E-state index in [1.807, 2.05) is 19.1 Å². The molecule has 1 N–H and O–H groups in total. The van der Waals surface area contributed by atoms with Crippen LogP contribution in [0.5, 0.6) is 5.75 Å². The van der Waals surface area contributed by atoms with Crippen molar-refractivity contribution in [3.8, 4) is 5.75 Å². The van der Waals surface area contributed by atoms with Crippen LogP contribution < -0.4 is 9.46 Å². The first-order chi connectivity index (χ1) is 22.3. The summed E-state index contributed by atoms with van der Waals surface area (Å²) >= 11 is 0. The van der Waals surface area contributed by atoms with Gasteiger partial charge in [-0.15, -0.1) is 0 Å². The van der Waals surface area contributed by atoms with E-state index in [9.17, 15) is 8.42 Å². The summed E-state index contributed by atoms with van der Waals surface area (Å²) < 4.78 is 35.1. The predicted octanol–water partition coefficient (Wildman–Crippen LogP) is 7.85. The highest BCUT2D eigenvalue weighted by Crippen LogP contribution is 2.43. The minimum absolute atomic E-state index is 0.214. The number of hydrogen-bond acceptors (Lipinski definition) is 4. The van der Waals surface area contributed by atoms with Gasteiger partial charge in [-0.2, -0.15) is 0 Å². The first-order valence-corrected chi connectivity index (χ1v) is 18.4. The van der Waals surface area contributed by atoms with E-state index in [4.69, 9.17) is 4.74 Å². The maximum atomic E-state index is 13.3. The summed E-state index contributed by atoms with van der Waals surface area (Å²) in [5.74, 6) is 0.953. The van der Waals surface area contributed by atoms with Gasteiger partial charge in [0.05, 0.1) is 12.0 Å². The molecular formula is C40H48N2O3S. The van der Waals surface area contributed by atoms with Gasteiger partial charge in [-0.05, 0) is 118 Å². The van der Waals surface area contributed by atoms with Gasteiger partial charge in [0.15, 0.2) is 0 Å². The molecule has 1 aliphatic heterocycles. The third-order valence-corrected chi connectivity index (χ3v) is 12.1. The lowest BCUT2D eigenvalue weighted by atomic mass is 9.68. The zero-order chi connectivity index (χ0) is 32.0. The second-order valence-electron chi connectivity index (χ2n) is 13.4. The molecule has 0 aromatic heterocycles. The van der Waals surface area contributed by atoms with Gasteiger partial charge in [0, 0.05) is 17.5 Å². The van der Waals surface area contributed by atoms with E-state index < -0.39 is 10.0 Å². The number of piperidine rings is 1. The number of nitrogens with one attached hydrogen (secondary N) is 1. The monoisotopic (exact) mass is 636 g/mol. The molecule has 1 aliphatic carbocycles. The van der Waals surface area contributed by atoms with Crippen molar-refractivity contribution >= 4 is 10.0 Å². The van der Waals surface area contributed by atoms with E-state index in [-0.39, 0.29) is 11.0 Å². The Kier molecular flexibility index (Phi) is 9.98. The lowest BCUT2D eigenvalue weighted by molar-refractivity contribution is 0.0313. The number of sulfonamides is 1. The molecule has 5 nitrogen and oxygen atoms in total. The molecule has 4 aromatic carbocycles. The SMILES string of the molecule is COc1ccc2c(c1)CCC1(CCCCN1CCCC(CCNS(=O)(=O)c1ccc(C)cc1)(c1ccccc1)c1ccccc1)C2. The van der Waals surface area contributed by atoms with Crippen LogP contribution in [0, 0.1) is 6.92 Å². The number of hydrogen-bond donors (Lipinski definition) is 1. The molecule has 46 heavy (non-hydrogen) atoms. The number of benzene rings is 4. The van der Waals surface area contributed by atoms with Crippen molar-refractivity contribution in [3.05, 3.63) is 131 Å². The molecule has 242 valence electrons. The Balaban J connectivity index is 1.24. The number of nitrogens with zero attached hydrogens (tertiary/aromatic N) is 1. The molecule has 2 aliphatic rings. The molecule has 1 saturated heterocycles. The molecular weight excluding hydrogens is 589 g/mol. The summed E-state index contributed by atoms with van der Waals surface area (Å²) in [6.45, 7) is 4.51. The number of ether oxygens (including phenoxy) is 1. The molecule has 1 heterocycles. The second kappa shape index (κ2) is 14.1. The number of rotatable bonds is 12. The summed E-state index contributed by atoms with van der Waals surface area (Å²) in [4.78, 5) is 3.12. The van der Waals surface area contributed by atoms with Crippen molar-refractivity contribution in [1.29, 1.82) is 0 Å². The molecule has 1 unspecified atom stereocenters. The van der Waals surface area contributed by atoms with Crippen LogP contribution in [0.25, 0.3) is 0 Å². The van der Waals surface area contributed by atoms with E-state index in [2.05, 4.69) is 88.5 Å². The highest BCUT2D eigenvalue weighted by Gasteiger charge is 2.42. The van der Waals surface area contributed by atoms with E-state index in [1.54, 1.807) is 19.2 Å². The largest absolute Gasteiger partial charge is 0.497 e. The summed E-state index contributed by atoms with van der Waals surface area (Å²) in [5, 5.41) is 0. The first kappa shape index (κ1) is 32.5. The molecule has 6 rings (SSSR count). The van der Waals surface area contributed by atoms with Crippen molar-refractivity contribution < 1.29 is 13.2 Å². The minimum atomic E-state index is -3.62. The Labute approximate surface area is 276 Å². The summed E-state index contributed by atoms with van der Waals surface area (Å²) in [6, 6.07) is 35.1. The summed E-state index contributed by atoms with van der Waals surface area (Å²) in [6.07, 6.45) is 9.84. The van der Waals surface area contributed by atoms with Gasteiger partial charge >= 0.3 is 0 Å². The van der Waals surface area contributed by atoms with E-state index in [0.717, 1.165) is 50.1 Å². The van der Waals surface area contributed by atoms with E-state index in [1.165, 1.54) is 47.9 Å². The van der Waals surface area contributed by atoms with Crippen LogP contribution in [0.15, 0.2) is 108 Å². The molecule has 1 fully saturated rings. The van der Waals surface area contributed by atoms with Crippen LogP contribution in [-0.4, -0.2) is 45.6 Å². The number of aryl methyl sites for hydroxylation is 2. The highest BCUT2D eigenvalue weighted by atomic mass is 32.2. The van der Waals surface area contributed by atoms with Gasteiger partial charge in [0.2, 0.25) is 10.0 Å². The van der Waals surface area contributed by atoms with Gasteiger partial charge in [-0.25, -0.2) is 13.1 Å². The van der Waals surface area contributed by atoms with Gasteiger partial charge in [0.1, 0.15) is 5.75 Å². The van der Waals surface area contributed by atoms with Crippen molar-refractivity contribution in [2.75, 3.05) is 26.7 Å². The maximum Gasteiger partial charge on any atom is 0.240 e. The van der Waals surface area contributed by atoms with Crippen LogP contribution >= 0.6 is 0 Å². The summed E-state index contributed by atoms with van der Waals surface area (Å²) in [7, 11) is -1.87. The lowest BCUT2D eigenvalue weighted by Crippen LogP contribution is -2.55. The number of likely N-dealkylation sites (tertiary alicyclic amines) is 1. The average molecular weight is 637 g/mol. The van der Waals surface area contributed by atoms with Crippen molar-refractivity contribution in [2.24, 2.45) is 0 Å². The van der Waals surface area contributed by atoms with Crippen LogP contribution in [0.1, 0.15) is 72.8 Å². The topological polar surface area (TPSA) is 58.6 Å². The Morgan fingerprint density at radius 3 is 2.20 bits per heavy atom. The Hall–Kier alpha value is -3.45. The van der Waals surface area contributed by atoms with Gasteiger partial charge in [-0.3, -0.25) is 4.90 Å². The van der Waals surface area contributed by atoms with Crippen LogP contribution in [-0.2, 0) is 28.3 Å². The van der Waals surface area contributed by atoms with Crippen LogP contribution in [0.4, 0.5) is 0 Å². The third kappa shape index (κ3) is 6.95. The molecule has 4 aromatic rings. The number of fused-ring (bicyclic) bond motifs is 1. The number of methoxy groups -OCH3 is 1. The molecule has 0 bridgehead atoms. The highest BCUT2D eigenvalue weighted by molar-refractivity contribution is 7.89. The molecule has 1 atom stereocenters. The Morgan fingerprint density at radius 1 is 0.826 bits per heavy atom. The molecule has 0 amide bonds. The van der Waals surface area contributed by atoms with Gasteiger partial charge in [-0.1, -0.05) is 90.8 Å². The van der Waals surface area contributed by atoms with Crippen molar-refractivity contribution in [3.63, 3.8) is 0 Å². The zero-order valence-electron chi connectivity index (χ0n) is 27.4. The Bertz CT molecular complexity index is 1650. The maximum absolute atomic E-state index is 13.3. The minimum Gasteiger partial charge on any atom is -0.497 e. The van der Waals surface area contributed by atoms with Crippen LogP contribution in [0.3, 0.4) is 0 Å². The molecule has 0 saturated carbocycles. The lowest BCUT2D eigenvalue weighted by Gasteiger charge is -2.50. The quantitative estimate of drug-likeness (QED) is 0.172. The fourth-order valence-electron chi connectivity index (χ4n) is 8.08. The van der Waals surface area contributed by atoms with E-state index in [0.29, 0.717) is 17.9 Å². The average Bonchev–Trinajstić information content (AvgIpc) is 3.09. The second-order valence-corrected chi connectivity index (χ2v) is 15.1. The normalized spacial score (nSPS) is 18.7. The first-order valence-electron chi connectivity index (χ1n) is 16.9. The van der Waals surface area contributed by atoms with Crippen molar-refractivity contribution in [1.82, 2.24) is 9.62 Å². The molecule has 6 heteroatoms. The van der Waals surface area contributed by atoms with Crippen molar-refractivity contribution in [2.45, 2.75) is 80.6 Å². The van der Waals surface area contributed by atoms with Gasteiger partial charge < -0.3 is 4.74 Å². The van der Waals surface area contributed by atoms with Gasteiger partial charge in [0.25, 0.3) is 0 Å². The van der Waals surface area contributed by atoms with E-state index >= 15 is 0 Å². The standard InChI is InChI=1S/C40H48N2O3S/c1-32-16-20-38(21-17-32)46(43,44)41-27-26-40(35-12-5-3-6-13-35,36-14-7-4-8-15-36)24-11-29-42-28-10-9-23-39(42)25-22-33-30-37(45-2)19-18-34(33)31-39/h3-8,12-21,30,41H,9-11,22-29,31H2,1-2H3.